The van der Waals surface area contributed by atoms with Crippen molar-refractivity contribution in [1.82, 2.24) is 0 Å². The molecule has 0 fully saturated rings. The lowest BCUT2D eigenvalue weighted by Gasteiger charge is -2.15. The van der Waals surface area contributed by atoms with Gasteiger partial charge in [-0.1, -0.05) is 22.0 Å². The molecule has 0 aliphatic carbocycles. The zero-order valence-electron chi connectivity index (χ0n) is 9.00. The topological polar surface area (TPSA) is 44.5 Å². The van der Waals surface area contributed by atoms with Gasteiger partial charge in [-0.05, 0) is 19.1 Å². The molecule has 4 heteroatoms. The molecule has 15 heavy (non-hydrogen) atoms. The molecule has 1 rings (SSSR count). The molecule has 0 saturated carbocycles. The Hall–Kier alpha value is -0.580. The van der Waals surface area contributed by atoms with Gasteiger partial charge in [0.25, 0.3) is 0 Å². The predicted molar refractivity (Wildman–Crippen MR) is 64.1 cm³/mol. The highest BCUT2D eigenvalue weighted by Gasteiger charge is 2.11. The third-order valence-electron chi connectivity index (χ3n) is 2.10. The van der Waals surface area contributed by atoms with Crippen molar-refractivity contribution in [2.24, 2.45) is 5.73 Å². The summed E-state index contributed by atoms with van der Waals surface area (Å²) in [5.74, 6) is 0.788. The Balaban J connectivity index is 2.82. The van der Waals surface area contributed by atoms with Crippen LogP contribution in [0.5, 0.6) is 5.75 Å². The molecule has 0 radical (unpaired) electrons. The van der Waals surface area contributed by atoms with Crippen LogP contribution in [0.2, 0.25) is 0 Å². The van der Waals surface area contributed by atoms with Crippen LogP contribution in [0.15, 0.2) is 22.7 Å². The summed E-state index contributed by atoms with van der Waals surface area (Å²) in [6, 6.07) is 5.66. The number of hydrogen-bond acceptors (Lipinski definition) is 3. The lowest BCUT2D eigenvalue weighted by molar-refractivity contribution is 0.132. The van der Waals surface area contributed by atoms with Crippen LogP contribution in [0.1, 0.15) is 18.5 Å². The summed E-state index contributed by atoms with van der Waals surface area (Å²) in [7, 11) is 1.64. The van der Waals surface area contributed by atoms with Gasteiger partial charge < -0.3 is 15.2 Å². The Morgan fingerprint density at radius 2 is 2.20 bits per heavy atom. The fourth-order valence-electron chi connectivity index (χ4n) is 1.33. The molecule has 0 aliphatic rings. The van der Waals surface area contributed by atoms with E-state index in [-0.39, 0.29) is 6.04 Å². The summed E-state index contributed by atoms with van der Waals surface area (Å²) in [4.78, 5) is 0. The zero-order valence-corrected chi connectivity index (χ0v) is 10.6. The molecule has 84 valence electrons. The average Bonchev–Trinajstić information content (AvgIpc) is 2.25. The van der Waals surface area contributed by atoms with Gasteiger partial charge in [-0.15, -0.1) is 0 Å². The van der Waals surface area contributed by atoms with Gasteiger partial charge in [-0.3, -0.25) is 0 Å². The van der Waals surface area contributed by atoms with Crippen LogP contribution in [0.25, 0.3) is 0 Å². The molecule has 3 nitrogen and oxygen atoms in total. The largest absolute Gasteiger partial charge is 0.496 e. The van der Waals surface area contributed by atoms with Crippen molar-refractivity contribution in [2.75, 3.05) is 20.3 Å². The highest BCUT2D eigenvalue weighted by molar-refractivity contribution is 9.10. The van der Waals surface area contributed by atoms with Crippen molar-refractivity contribution >= 4 is 15.9 Å². The van der Waals surface area contributed by atoms with Crippen LogP contribution in [0.4, 0.5) is 0 Å². The third kappa shape index (κ3) is 3.48. The van der Waals surface area contributed by atoms with E-state index in [0.717, 1.165) is 15.8 Å². The van der Waals surface area contributed by atoms with E-state index >= 15 is 0 Å². The molecule has 0 heterocycles. The predicted octanol–water partition coefficient (Wildman–Crippen LogP) is 2.49. The van der Waals surface area contributed by atoms with Crippen molar-refractivity contribution < 1.29 is 9.47 Å². The first-order chi connectivity index (χ1) is 7.19. The van der Waals surface area contributed by atoms with E-state index in [1.807, 2.05) is 25.1 Å². The molecular weight excluding hydrogens is 258 g/mol. The number of benzene rings is 1. The first kappa shape index (κ1) is 12.5. The van der Waals surface area contributed by atoms with Crippen molar-refractivity contribution in [3.05, 3.63) is 28.2 Å². The molecule has 0 saturated heterocycles. The SMILES string of the molecule is CCOCC(N)c1ccc(Br)cc1OC. The van der Waals surface area contributed by atoms with Crippen molar-refractivity contribution in [3.8, 4) is 5.75 Å². The fraction of sp³-hybridized carbons (Fsp3) is 0.455. The molecular formula is C11H16BrNO2. The van der Waals surface area contributed by atoms with Crippen molar-refractivity contribution in [3.63, 3.8) is 0 Å². The maximum atomic E-state index is 5.99. The summed E-state index contributed by atoms with van der Waals surface area (Å²) in [5, 5.41) is 0. The summed E-state index contributed by atoms with van der Waals surface area (Å²) in [6.07, 6.45) is 0. The Bertz CT molecular complexity index is 317. The molecule has 0 aromatic heterocycles. The monoisotopic (exact) mass is 273 g/mol. The van der Waals surface area contributed by atoms with Gasteiger partial charge >= 0.3 is 0 Å². The third-order valence-corrected chi connectivity index (χ3v) is 2.59. The molecule has 1 aromatic carbocycles. The number of hydrogen-bond donors (Lipinski definition) is 1. The number of nitrogens with two attached hydrogens (primary N) is 1. The molecule has 0 bridgehead atoms. The van der Waals surface area contributed by atoms with E-state index in [4.69, 9.17) is 15.2 Å². The second-order valence-electron chi connectivity index (χ2n) is 3.15. The lowest BCUT2D eigenvalue weighted by atomic mass is 10.1. The first-order valence-corrected chi connectivity index (χ1v) is 5.65. The Labute approximate surface area is 98.7 Å². The molecule has 1 unspecified atom stereocenters. The summed E-state index contributed by atoms with van der Waals surface area (Å²) < 4.78 is 11.5. The van der Waals surface area contributed by atoms with Crippen LogP contribution < -0.4 is 10.5 Å². The minimum absolute atomic E-state index is 0.145. The quantitative estimate of drug-likeness (QED) is 0.897. The summed E-state index contributed by atoms with van der Waals surface area (Å²) in [6.45, 7) is 3.13. The van der Waals surface area contributed by atoms with Crippen LogP contribution in [-0.4, -0.2) is 20.3 Å². The fourth-order valence-corrected chi connectivity index (χ4v) is 1.67. The summed E-state index contributed by atoms with van der Waals surface area (Å²) in [5.41, 5.74) is 6.95. The minimum Gasteiger partial charge on any atom is -0.496 e. The van der Waals surface area contributed by atoms with Gasteiger partial charge in [0.2, 0.25) is 0 Å². The van der Waals surface area contributed by atoms with E-state index in [1.165, 1.54) is 0 Å². The summed E-state index contributed by atoms with van der Waals surface area (Å²) >= 11 is 3.39. The Morgan fingerprint density at radius 3 is 2.80 bits per heavy atom. The molecule has 0 amide bonds. The normalized spacial score (nSPS) is 12.5. The number of rotatable bonds is 5. The molecule has 1 atom stereocenters. The van der Waals surface area contributed by atoms with Gasteiger partial charge in [-0.25, -0.2) is 0 Å². The van der Waals surface area contributed by atoms with Crippen LogP contribution in [-0.2, 0) is 4.74 Å². The second kappa shape index (κ2) is 6.10. The van der Waals surface area contributed by atoms with Crippen molar-refractivity contribution in [1.29, 1.82) is 0 Å². The van der Waals surface area contributed by atoms with Crippen LogP contribution in [0, 0.1) is 0 Å². The molecule has 1 aromatic rings. The lowest BCUT2D eigenvalue weighted by Crippen LogP contribution is -2.17. The van der Waals surface area contributed by atoms with E-state index in [2.05, 4.69) is 15.9 Å². The minimum atomic E-state index is -0.145. The van der Waals surface area contributed by atoms with Gasteiger partial charge in [-0.2, -0.15) is 0 Å². The van der Waals surface area contributed by atoms with E-state index in [1.54, 1.807) is 7.11 Å². The van der Waals surface area contributed by atoms with Crippen LogP contribution in [0.3, 0.4) is 0 Å². The molecule has 2 N–H and O–H groups in total. The highest BCUT2D eigenvalue weighted by Crippen LogP contribution is 2.27. The van der Waals surface area contributed by atoms with Gasteiger partial charge in [0.1, 0.15) is 5.75 Å². The highest BCUT2D eigenvalue weighted by atomic mass is 79.9. The van der Waals surface area contributed by atoms with E-state index in [0.29, 0.717) is 13.2 Å². The number of methoxy groups -OCH3 is 1. The standard InChI is InChI=1S/C11H16BrNO2/c1-3-15-7-10(13)9-5-4-8(12)6-11(9)14-2/h4-6,10H,3,7,13H2,1-2H3. The Morgan fingerprint density at radius 1 is 1.47 bits per heavy atom. The van der Waals surface area contributed by atoms with Gasteiger partial charge in [0.05, 0.1) is 19.8 Å². The first-order valence-electron chi connectivity index (χ1n) is 4.85. The molecule has 0 aliphatic heterocycles. The van der Waals surface area contributed by atoms with E-state index < -0.39 is 0 Å². The number of halogens is 1. The Kier molecular flexibility index (Phi) is 5.08. The smallest absolute Gasteiger partial charge is 0.124 e. The average molecular weight is 274 g/mol. The van der Waals surface area contributed by atoms with Crippen LogP contribution >= 0.6 is 15.9 Å². The van der Waals surface area contributed by atoms with Gasteiger partial charge in [0, 0.05) is 16.6 Å². The number of ether oxygens (including phenoxy) is 2. The maximum Gasteiger partial charge on any atom is 0.124 e. The zero-order chi connectivity index (χ0) is 11.3. The van der Waals surface area contributed by atoms with Gasteiger partial charge in [0.15, 0.2) is 0 Å². The van der Waals surface area contributed by atoms with Crippen molar-refractivity contribution in [2.45, 2.75) is 13.0 Å². The molecule has 0 spiro atoms. The second-order valence-corrected chi connectivity index (χ2v) is 4.07. The maximum absolute atomic E-state index is 5.99. The van der Waals surface area contributed by atoms with E-state index in [9.17, 15) is 0 Å².